The van der Waals surface area contributed by atoms with Crippen LogP contribution in [0.3, 0.4) is 0 Å². The molecule has 1 fully saturated rings. The molecule has 0 bridgehead atoms. The molecule has 1 N–H and O–H groups in total. The van der Waals surface area contributed by atoms with Crippen LogP contribution in [0, 0.1) is 12.8 Å². The number of nitrogens with zero attached hydrogens (tertiary/aromatic N) is 2. The average molecular weight is 437 g/mol. The van der Waals surface area contributed by atoms with Crippen molar-refractivity contribution in [1.29, 1.82) is 0 Å². The molecule has 164 valence electrons. The number of carbonyl (C=O) groups is 3. The van der Waals surface area contributed by atoms with Gasteiger partial charge in [-0.3, -0.25) is 19.4 Å². The summed E-state index contributed by atoms with van der Waals surface area (Å²) < 4.78 is 0. The SMILES string of the molecule is Cc1ccc(C2C(C(=O)c3ccccn3)C(=O)C(=O)N2CCc2c[nH]c3ccccc23)cc1. The van der Waals surface area contributed by atoms with Crippen LogP contribution >= 0.6 is 0 Å². The number of para-hydroxylation sites is 1. The van der Waals surface area contributed by atoms with Gasteiger partial charge >= 0.3 is 0 Å². The van der Waals surface area contributed by atoms with Gasteiger partial charge in [-0.05, 0) is 42.7 Å². The highest BCUT2D eigenvalue weighted by molar-refractivity contribution is 6.43. The Balaban J connectivity index is 1.51. The van der Waals surface area contributed by atoms with E-state index < -0.39 is 29.4 Å². The number of fused-ring (bicyclic) bond motifs is 1. The normalized spacial score (nSPS) is 18.3. The van der Waals surface area contributed by atoms with Gasteiger partial charge in [0.15, 0.2) is 5.78 Å². The number of hydrogen-bond donors (Lipinski definition) is 1. The molecule has 33 heavy (non-hydrogen) atoms. The lowest BCUT2D eigenvalue weighted by atomic mass is 9.87. The van der Waals surface area contributed by atoms with E-state index in [1.807, 2.05) is 61.7 Å². The minimum atomic E-state index is -1.11. The molecule has 2 atom stereocenters. The van der Waals surface area contributed by atoms with Gasteiger partial charge in [0.2, 0.25) is 5.78 Å². The number of ketones is 2. The number of H-pyrrole nitrogens is 1. The molecule has 2 unspecified atom stereocenters. The van der Waals surface area contributed by atoms with Crippen molar-refractivity contribution in [3.63, 3.8) is 0 Å². The Kier molecular flexibility index (Phi) is 5.34. The van der Waals surface area contributed by atoms with Crippen molar-refractivity contribution in [3.8, 4) is 0 Å². The van der Waals surface area contributed by atoms with Crippen LogP contribution in [-0.4, -0.2) is 38.9 Å². The van der Waals surface area contributed by atoms with Crippen LogP contribution in [0.1, 0.15) is 33.2 Å². The van der Waals surface area contributed by atoms with Crippen LogP contribution in [0.15, 0.2) is 79.1 Å². The third-order valence-corrected chi connectivity index (χ3v) is 6.32. The molecule has 6 heteroatoms. The summed E-state index contributed by atoms with van der Waals surface area (Å²) in [6, 6.07) is 20.0. The van der Waals surface area contributed by atoms with Gasteiger partial charge in [0.05, 0.1) is 6.04 Å². The predicted octanol–water partition coefficient (Wildman–Crippen LogP) is 4.07. The highest BCUT2D eigenvalue weighted by atomic mass is 16.2. The zero-order valence-corrected chi connectivity index (χ0v) is 18.2. The summed E-state index contributed by atoms with van der Waals surface area (Å²) >= 11 is 0. The third-order valence-electron chi connectivity index (χ3n) is 6.32. The quantitative estimate of drug-likeness (QED) is 0.280. The molecule has 0 radical (unpaired) electrons. The molecule has 2 aromatic heterocycles. The summed E-state index contributed by atoms with van der Waals surface area (Å²) in [5, 5.41) is 1.09. The Morgan fingerprint density at radius 1 is 1.00 bits per heavy atom. The smallest absolute Gasteiger partial charge is 0.291 e. The largest absolute Gasteiger partial charge is 0.361 e. The lowest BCUT2D eigenvalue weighted by Crippen LogP contribution is -2.32. The molecule has 0 aliphatic carbocycles. The molecule has 1 aliphatic heterocycles. The summed E-state index contributed by atoms with van der Waals surface area (Å²) in [6.45, 7) is 2.30. The molecule has 3 heterocycles. The van der Waals surface area contributed by atoms with Crippen LogP contribution in [0.4, 0.5) is 0 Å². The molecule has 4 aromatic rings. The van der Waals surface area contributed by atoms with Crippen LogP contribution in [0.5, 0.6) is 0 Å². The average Bonchev–Trinajstić information content (AvgIpc) is 3.37. The Bertz CT molecular complexity index is 1340. The molecule has 6 nitrogen and oxygen atoms in total. The lowest BCUT2D eigenvalue weighted by molar-refractivity contribution is -0.140. The van der Waals surface area contributed by atoms with Crippen molar-refractivity contribution >= 4 is 28.4 Å². The van der Waals surface area contributed by atoms with Crippen molar-refractivity contribution in [2.45, 2.75) is 19.4 Å². The number of rotatable bonds is 6. The molecule has 1 amide bonds. The van der Waals surface area contributed by atoms with E-state index in [0.717, 1.165) is 27.6 Å². The van der Waals surface area contributed by atoms with Crippen molar-refractivity contribution in [2.75, 3.05) is 6.54 Å². The minimum Gasteiger partial charge on any atom is -0.361 e. The molecule has 0 spiro atoms. The second-order valence-electron chi connectivity index (χ2n) is 8.38. The number of Topliss-reactive ketones (excluding diaryl/α,β-unsaturated/α-hetero) is 2. The van der Waals surface area contributed by atoms with Gasteiger partial charge in [-0.2, -0.15) is 0 Å². The van der Waals surface area contributed by atoms with E-state index in [0.29, 0.717) is 13.0 Å². The van der Waals surface area contributed by atoms with Gasteiger partial charge in [0.25, 0.3) is 5.91 Å². The fourth-order valence-corrected chi connectivity index (χ4v) is 4.61. The number of likely N-dealkylation sites (tertiary alicyclic amines) is 1. The fourth-order valence-electron chi connectivity index (χ4n) is 4.61. The number of pyridine rings is 1. The first-order valence-corrected chi connectivity index (χ1v) is 11.0. The second kappa shape index (κ2) is 8.47. The number of carbonyl (C=O) groups excluding carboxylic acids is 3. The fraction of sp³-hybridized carbons (Fsp3) is 0.185. The Hall–Kier alpha value is -4.06. The molecule has 2 aromatic carbocycles. The summed E-state index contributed by atoms with van der Waals surface area (Å²) in [7, 11) is 0. The van der Waals surface area contributed by atoms with E-state index in [4.69, 9.17) is 0 Å². The van der Waals surface area contributed by atoms with Crippen molar-refractivity contribution < 1.29 is 14.4 Å². The number of nitrogens with one attached hydrogen (secondary N) is 1. The van der Waals surface area contributed by atoms with E-state index in [-0.39, 0.29) is 5.69 Å². The summed E-state index contributed by atoms with van der Waals surface area (Å²) in [6.07, 6.45) is 4.02. The first kappa shape index (κ1) is 20.8. The predicted molar refractivity (Wildman–Crippen MR) is 125 cm³/mol. The number of benzene rings is 2. The second-order valence-corrected chi connectivity index (χ2v) is 8.38. The molecule has 1 aliphatic rings. The topological polar surface area (TPSA) is 83.1 Å². The van der Waals surface area contributed by atoms with Crippen molar-refractivity contribution in [3.05, 3.63) is 102 Å². The lowest BCUT2D eigenvalue weighted by Gasteiger charge is -2.27. The number of amides is 1. The Labute approximate surface area is 191 Å². The highest BCUT2D eigenvalue weighted by Crippen LogP contribution is 2.38. The first-order chi connectivity index (χ1) is 16.0. The number of aromatic amines is 1. The van der Waals surface area contributed by atoms with Crippen molar-refractivity contribution in [2.24, 2.45) is 5.92 Å². The standard InChI is InChI=1S/C27H23N3O3/c1-17-9-11-18(12-10-17)24-23(25(31)22-8-4-5-14-28-22)26(32)27(33)30(24)15-13-19-16-29-21-7-3-2-6-20(19)21/h2-12,14,16,23-24,29H,13,15H2,1H3. The van der Waals surface area contributed by atoms with Gasteiger partial charge in [0.1, 0.15) is 11.6 Å². The van der Waals surface area contributed by atoms with Gasteiger partial charge in [-0.15, -0.1) is 0 Å². The summed E-state index contributed by atoms with van der Waals surface area (Å²) in [5.74, 6) is -2.82. The van der Waals surface area contributed by atoms with Crippen LogP contribution in [0.25, 0.3) is 10.9 Å². The highest BCUT2D eigenvalue weighted by Gasteiger charge is 2.51. The van der Waals surface area contributed by atoms with E-state index in [1.54, 1.807) is 23.1 Å². The van der Waals surface area contributed by atoms with Crippen LogP contribution < -0.4 is 0 Å². The number of hydrogen-bond acceptors (Lipinski definition) is 4. The first-order valence-electron chi connectivity index (χ1n) is 11.0. The van der Waals surface area contributed by atoms with E-state index in [1.165, 1.54) is 6.20 Å². The minimum absolute atomic E-state index is 0.194. The van der Waals surface area contributed by atoms with E-state index in [9.17, 15) is 14.4 Å². The van der Waals surface area contributed by atoms with Gasteiger partial charge < -0.3 is 9.88 Å². The zero-order chi connectivity index (χ0) is 22.9. The number of aryl methyl sites for hydroxylation is 1. The van der Waals surface area contributed by atoms with Gasteiger partial charge in [-0.1, -0.05) is 54.1 Å². The maximum absolute atomic E-state index is 13.3. The Morgan fingerprint density at radius 2 is 1.76 bits per heavy atom. The van der Waals surface area contributed by atoms with Gasteiger partial charge in [0, 0.05) is 29.8 Å². The van der Waals surface area contributed by atoms with E-state index in [2.05, 4.69) is 9.97 Å². The van der Waals surface area contributed by atoms with E-state index >= 15 is 0 Å². The van der Waals surface area contributed by atoms with Crippen molar-refractivity contribution in [1.82, 2.24) is 14.9 Å². The van der Waals surface area contributed by atoms with Crippen LogP contribution in [-0.2, 0) is 16.0 Å². The maximum atomic E-state index is 13.3. The molecule has 1 saturated heterocycles. The molecule has 5 rings (SSSR count). The Morgan fingerprint density at radius 3 is 2.52 bits per heavy atom. The molecular formula is C27H23N3O3. The zero-order valence-electron chi connectivity index (χ0n) is 18.2. The molecule has 0 saturated carbocycles. The van der Waals surface area contributed by atoms with Crippen LogP contribution in [0.2, 0.25) is 0 Å². The maximum Gasteiger partial charge on any atom is 0.291 e. The summed E-state index contributed by atoms with van der Waals surface area (Å²) in [5.41, 5.74) is 4.11. The molecular weight excluding hydrogens is 414 g/mol. The monoisotopic (exact) mass is 437 g/mol. The van der Waals surface area contributed by atoms with Gasteiger partial charge in [-0.25, -0.2) is 0 Å². The third kappa shape index (κ3) is 3.74. The summed E-state index contributed by atoms with van der Waals surface area (Å²) in [4.78, 5) is 48.5. The number of aromatic nitrogens is 2.